The standard InChI is InChI=1S/C26H19ClF2N4O4S/c27-22-11-20(33(36)37)9-10-21(22)26(35)32(13-17-3-7-19(29)8-4-17)14-24-31-23(15-38-24)25(34)30-12-16-1-5-18(28)6-2-16/h1-11,15H,12-14H2,(H,30,34). The number of nitrogens with one attached hydrogen (secondary N) is 1. The van der Waals surface area contributed by atoms with Gasteiger partial charge >= 0.3 is 0 Å². The van der Waals surface area contributed by atoms with E-state index in [1.807, 2.05) is 0 Å². The molecule has 0 saturated carbocycles. The minimum absolute atomic E-state index is 0.000561. The largest absolute Gasteiger partial charge is 0.347 e. The van der Waals surface area contributed by atoms with Crippen molar-refractivity contribution in [3.63, 3.8) is 0 Å². The van der Waals surface area contributed by atoms with Gasteiger partial charge in [-0.15, -0.1) is 11.3 Å². The molecule has 2 amide bonds. The molecule has 0 atom stereocenters. The fraction of sp³-hybridized carbons (Fsp3) is 0.115. The predicted molar refractivity (Wildman–Crippen MR) is 138 cm³/mol. The first-order valence-electron chi connectivity index (χ1n) is 11.1. The van der Waals surface area contributed by atoms with E-state index in [0.29, 0.717) is 16.1 Å². The normalized spacial score (nSPS) is 10.7. The van der Waals surface area contributed by atoms with Crippen LogP contribution in [0, 0.1) is 21.7 Å². The zero-order valence-corrected chi connectivity index (χ0v) is 21.1. The van der Waals surface area contributed by atoms with Gasteiger partial charge in [0.25, 0.3) is 17.5 Å². The monoisotopic (exact) mass is 556 g/mol. The van der Waals surface area contributed by atoms with Crippen LogP contribution in [0.4, 0.5) is 14.5 Å². The highest BCUT2D eigenvalue weighted by atomic mass is 35.5. The smallest absolute Gasteiger partial charge is 0.271 e. The Morgan fingerprint density at radius 1 is 0.974 bits per heavy atom. The number of benzene rings is 3. The van der Waals surface area contributed by atoms with Crippen molar-refractivity contribution in [2.45, 2.75) is 19.6 Å². The Morgan fingerprint density at radius 3 is 2.21 bits per heavy atom. The van der Waals surface area contributed by atoms with E-state index in [4.69, 9.17) is 11.6 Å². The summed E-state index contributed by atoms with van der Waals surface area (Å²) in [4.78, 5) is 42.1. The van der Waals surface area contributed by atoms with Crippen LogP contribution in [0.15, 0.2) is 72.1 Å². The van der Waals surface area contributed by atoms with Crippen LogP contribution in [0.3, 0.4) is 0 Å². The second kappa shape index (κ2) is 11.9. The summed E-state index contributed by atoms with van der Waals surface area (Å²) in [5.74, 6) is -1.77. The lowest BCUT2D eigenvalue weighted by atomic mass is 10.1. The molecule has 0 unspecified atom stereocenters. The molecule has 1 heterocycles. The Labute approximate surface area is 224 Å². The van der Waals surface area contributed by atoms with Gasteiger partial charge in [0.05, 0.1) is 22.1 Å². The van der Waals surface area contributed by atoms with E-state index in [1.54, 1.807) is 17.5 Å². The van der Waals surface area contributed by atoms with E-state index in [1.165, 1.54) is 64.8 Å². The number of hydrogen-bond acceptors (Lipinski definition) is 6. The first kappa shape index (κ1) is 26.8. The highest BCUT2D eigenvalue weighted by Gasteiger charge is 2.23. The summed E-state index contributed by atoms with van der Waals surface area (Å²) >= 11 is 7.36. The molecule has 0 spiro atoms. The third-order valence-electron chi connectivity index (χ3n) is 5.44. The zero-order valence-electron chi connectivity index (χ0n) is 19.6. The van der Waals surface area contributed by atoms with Crippen molar-refractivity contribution in [2.75, 3.05) is 0 Å². The van der Waals surface area contributed by atoms with E-state index < -0.39 is 22.6 Å². The van der Waals surface area contributed by atoms with Crippen LogP contribution in [0.5, 0.6) is 0 Å². The van der Waals surface area contributed by atoms with E-state index in [9.17, 15) is 28.5 Å². The molecule has 3 aromatic carbocycles. The summed E-state index contributed by atoms with van der Waals surface area (Å²) in [6.07, 6.45) is 0. The van der Waals surface area contributed by atoms with Crippen molar-refractivity contribution in [3.8, 4) is 0 Å². The number of thiazole rings is 1. The molecule has 0 fully saturated rings. The van der Waals surface area contributed by atoms with E-state index in [-0.39, 0.29) is 47.4 Å². The van der Waals surface area contributed by atoms with Gasteiger partial charge in [-0.25, -0.2) is 13.8 Å². The SMILES string of the molecule is O=C(NCc1ccc(F)cc1)c1csc(CN(Cc2ccc(F)cc2)C(=O)c2ccc([N+](=O)[O-])cc2Cl)n1. The summed E-state index contributed by atoms with van der Waals surface area (Å²) in [6.45, 7) is 0.247. The Bertz CT molecular complexity index is 1480. The number of carbonyl (C=O) groups is 2. The van der Waals surface area contributed by atoms with Gasteiger partial charge in [-0.05, 0) is 41.5 Å². The molecule has 0 radical (unpaired) electrons. The minimum Gasteiger partial charge on any atom is -0.347 e. The van der Waals surface area contributed by atoms with Crippen molar-refractivity contribution < 1.29 is 23.3 Å². The van der Waals surface area contributed by atoms with Crippen LogP contribution >= 0.6 is 22.9 Å². The summed E-state index contributed by atoms with van der Waals surface area (Å²) in [7, 11) is 0. The molecule has 1 N–H and O–H groups in total. The summed E-state index contributed by atoms with van der Waals surface area (Å²) < 4.78 is 26.5. The molecule has 1 aromatic heterocycles. The third-order valence-corrected chi connectivity index (χ3v) is 6.59. The average molecular weight is 557 g/mol. The topological polar surface area (TPSA) is 105 Å². The van der Waals surface area contributed by atoms with Crippen molar-refractivity contribution in [1.82, 2.24) is 15.2 Å². The van der Waals surface area contributed by atoms with E-state index >= 15 is 0 Å². The molecule has 194 valence electrons. The first-order chi connectivity index (χ1) is 18.2. The lowest BCUT2D eigenvalue weighted by molar-refractivity contribution is -0.384. The summed E-state index contributed by atoms with van der Waals surface area (Å²) in [5.41, 5.74) is 1.29. The van der Waals surface area contributed by atoms with Crippen molar-refractivity contribution >= 4 is 40.4 Å². The molecule has 8 nitrogen and oxygen atoms in total. The third kappa shape index (κ3) is 6.75. The number of halogens is 3. The number of non-ortho nitro benzene ring substituents is 1. The van der Waals surface area contributed by atoms with Crippen LogP contribution in [-0.4, -0.2) is 26.6 Å². The van der Waals surface area contributed by atoms with Crippen molar-refractivity contribution in [3.05, 3.63) is 126 Å². The number of hydrogen-bond donors (Lipinski definition) is 1. The number of nitro groups is 1. The van der Waals surface area contributed by atoms with Crippen LogP contribution < -0.4 is 5.32 Å². The fourth-order valence-corrected chi connectivity index (χ4v) is 4.54. The molecule has 0 bridgehead atoms. The van der Waals surface area contributed by atoms with Crippen LogP contribution in [0.1, 0.15) is 37.0 Å². The second-order valence-corrected chi connectivity index (χ2v) is 9.49. The first-order valence-corrected chi connectivity index (χ1v) is 12.4. The molecule has 0 aliphatic heterocycles. The Kier molecular flexibility index (Phi) is 8.39. The van der Waals surface area contributed by atoms with Gasteiger partial charge < -0.3 is 10.2 Å². The van der Waals surface area contributed by atoms with Crippen molar-refractivity contribution in [2.24, 2.45) is 0 Å². The van der Waals surface area contributed by atoms with Gasteiger partial charge in [0.1, 0.15) is 22.3 Å². The van der Waals surface area contributed by atoms with E-state index in [2.05, 4.69) is 10.3 Å². The highest BCUT2D eigenvalue weighted by molar-refractivity contribution is 7.09. The van der Waals surface area contributed by atoms with Gasteiger partial charge in [0.2, 0.25) is 0 Å². The molecule has 4 aromatic rings. The molecule has 4 rings (SSSR count). The lowest BCUT2D eigenvalue weighted by Crippen LogP contribution is -2.30. The van der Waals surface area contributed by atoms with Gasteiger partial charge in [0, 0.05) is 30.6 Å². The zero-order chi connectivity index (χ0) is 27.2. The van der Waals surface area contributed by atoms with Crippen molar-refractivity contribution in [1.29, 1.82) is 0 Å². The number of nitro benzene ring substituents is 1. The van der Waals surface area contributed by atoms with Crippen LogP contribution in [-0.2, 0) is 19.6 Å². The highest BCUT2D eigenvalue weighted by Crippen LogP contribution is 2.25. The number of amides is 2. The van der Waals surface area contributed by atoms with Crippen LogP contribution in [0.25, 0.3) is 0 Å². The predicted octanol–water partition coefficient (Wildman–Crippen LogP) is 5.76. The molecule has 38 heavy (non-hydrogen) atoms. The maximum absolute atomic E-state index is 13.4. The quantitative estimate of drug-likeness (QED) is 0.208. The number of carbonyl (C=O) groups excluding carboxylic acids is 2. The molecule has 0 aliphatic carbocycles. The van der Waals surface area contributed by atoms with Gasteiger partial charge in [0.15, 0.2) is 0 Å². The molecule has 12 heteroatoms. The molecular formula is C26H19ClF2N4O4S. The molecule has 0 aliphatic rings. The number of rotatable bonds is 9. The Morgan fingerprint density at radius 2 is 1.61 bits per heavy atom. The van der Waals surface area contributed by atoms with Crippen LogP contribution in [0.2, 0.25) is 5.02 Å². The summed E-state index contributed by atoms with van der Waals surface area (Å²) in [6, 6.07) is 14.9. The van der Waals surface area contributed by atoms with Gasteiger partial charge in [-0.3, -0.25) is 19.7 Å². The fourth-order valence-electron chi connectivity index (χ4n) is 3.50. The second-order valence-electron chi connectivity index (χ2n) is 8.14. The Balaban J connectivity index is 1.52. The van der Waals surface area contributed by atoms with E-state index in [0.717, 1.165) is 6.07 Å². The number of aromatic nitrogens is 1. The van der Waals surface area contributed by atoms with Gasteiger partial charge in [-0.1, -0.05) is 35.9 Å². The maximum Gasteiger partial charge on any atom is 0.271 e. The molecule has 0 saturated heterocycles. The summed E-state index contributed by atoms with van der Waals surface area (Å²) in [5, 5.41) is 15.7. The minimum atomic E-state index is -0.616. The molecular weight excluding hydrogens is 538 g/mol. The number of nitrogens with zero attached hydrogens (tertiary/aromatic N) is 3. The Hall–Kier alpha value is -4.22. The van der Waals surface area contributed by atoms with Gasteiger partial charge in [-0.2, -0.15) is 0 Å². The average Bonchev–Trinajstić information content (AvgIpc) is 3.37. The lowest BCUT2D eigenvalue weighted by Gasteiger charge is -2.22. The maximum atomic E-state index is 13.4.